The molecular weight excluding hydrogens is 434 g/mol. The van der Waals surface area contributed by atoms with Crippen LogP contribution in [-0.4, -0.2) is 56.7 Å². The molecule has 1 heterocycles. The molecule has 0 saturated carbocycles. The molecule has 0 radical (unpaired) electrons. The zero-order valence-corrected chi connectivity index (χ0v) is 17.5. The number of halogens is 2. The molecule has 7 heteroatoms. The minimum Gasteiger partial charge on any atom is -0.489 e. The van der Waals surface area contributed by atoms with E-state index in [9.17, 15) is 4.39 Å². The second-order valence-electron chi connectivity index (χ2n) is 6.16. The fourth-order valence-electron chi connectivity index (χ4n) is 2.76. The van der Waals surface area contributed by atoms with Crippen molar-refractivity contribution in [1.82, 2.24) is 15.5 Å². The number of hydrogen-bond donors (Lipinski definition) is 2. The summed E-state index contributed by atoms with van der Waals surface area (Å²) >= 11 is 0. The minimum atomic E-state index is -0.258. The fourth-order valence-corrected chi connectivity index (χ4v) is 2.76. The second kappa shape index (κ2) is 12.3. The maximum absolute atomic E-state index is 12.9. The molecule has 2 rings (SSSR count). The predicted molar refractivity (Wildman–Crippen MR) is 112 cm³/mol. The molecule has 1 saturated heterocycles. The maximum atomic E-state index is 12.9. The van der Waals surface area contributed by atoms with Crippen molar-refractivity contribution in [3.05, 3.63) is 30.1 Å². The molecule has 1 aromatic carbocycles. The summed E-state index contributed by atoms with van der Waals surface area (Å²) in [6, 6.07) is 6.07. The van der Waals surface area contributed by atoms with Gasteiger partial charge in [-0.2, -0.15) is 0 Å². The van der Waals surface area contributed by atoms with Gasteiger partial charge in [0.15, 0.2) is 5.96 Å². The van der Waals surface area contributed by atoms with Crippen molar-refractivity contribution < 1.29 is 9.13 Å². The smallest absolute Gasteiger partial charge is 0.191 e. The maximum Gasteiger partial charge on any atom is 0.191 e. The summed E-state index contributed by atoms with van der Waals surface area (Å²) in [5.74, 6) is 1.19. The van der Waals surface area contributed by atoms with Crippen molar-refractivity contribution in [3.63, 3.8) is 0 Å². The van der Waals surface area contributed by atoms with Gasteiger partial charge in [0.1, 0.15) is 17.7 Å². The Morgan fingerprint density at radius 2 is 1.88 bits per heavy atom. The normalized spacial score (nSPS) is 16.7. The molecule has 1 fully saturated rings. The van der Waals surface area contributed by atoms with E-state index in [1.807, 2.05) is 6.92 Å². The highest BCUT2D eigenvalue weighted by molar-refractivity contribution is 14.0. The number of aliphatic imine (C=N–C) groups is 1. The third kappa shape index (κ3) is 8.71. The number of rotatable bonds is 7. The first-order valence-electron chi connectivity index (χ1n) is 8.76. The average molecular weight is 464 g/mol. The number of ether oxygens (including phenoxy) is 1. The number of nitrogens with one attached hydrogen (secondary N) is 2. The number of guanidine groups is 1. The number of nitrogens with zero attached hydrogens (tertiary/aromatic N) is 2. The monoisotopic (exact) mass is 464 g/mol. The highest BCUT2D eigenvalue weighted by Gasteiger charge is 2.10. The number of benzene rings is 1. The standard InChI is InChI=1S/C18H29FN4O.HI/c1-15(24-17-8-6-16(19)7-9-17)14-22-18(20-2)21-10-13-23-11-4-3-5-12-23;/h6-9,15H,3-5,10-14H2,1-2H3,(H2,20,21,22);1H. The van der Waals surface area contributed by atoms with Gasteiger partial charge in [0, 0.05) is 20.1 Å². The molecule has 1 aliphatic heterocycles. The van der Waals surface area contributed by atoms with E-state index in [1.54, 1.807) is 19.2 Å². The quantitative estimate of drug-likeness (QED) is 0.370. The van der Waals surface area contributed by atoms with E-state index in [0.29, 0.717) is 12.3 Å². The van der Waals surface area contributed by atoms with Crippen LogP contribution in [-0.2, 0) is 0 Å². The Kier molecular flexibility index (Phi) is 10.8. The van der Waals surface area contributed by atoms with E-state index in [-0.39, 0.29) is 35.9 Å². The Morgan fingerprint density at radius 1 is 1.20 bits per heavy atom. The molecule has 0 aromatic heterocycles. The molecule has 1 atom stereocenters. The molecule has 0 aliphatic carbocycles. The Morgan fingerprint density at radius 3 is 2.52 bits per heavy atom. The van der Waals surface area contributed by atoms with Crippen molar-refractivity contribution in [2.75, 3.05) is 39.8 Å². The molecule has 0 amide bonds. The Bertz CT molecular complexity index is 506. The van der Waals surface area contributed by atoms with Crippen LogP contribution in [0.2, 0.25) is 0 Å². The fraction of sp³-hybridized carbons (Fsp3) is 0.611. The van der Waals surface area contributed by atoms with E-state index in [0.717, 1.165) is 19.0 Å². The number of piperidine rings is 1. The van der Waals surface area contributed by atoms with Crippen LogP contribution in [0.25, 0.3) is 0 Å². The zero-order valence-electron chi connectivity index (χ0n) is 15.1. The van der Waals surface area contributed by atoms with Crippen LogP contribution in [0.15, 0.2) is 29.3 Å². The minimum absolute atomic E-state index is 0. The van der Waals surface area contributed by atoms with Gasteiger partial charge in [-0.25, -0.2) is 4.39 Å². The second-order valence-corrected chi connectivity index (χ2v) is 6.16. The first kappa shape index (κ1) is 22.0. The molecule has 142 valence electrons. The molecule has 25 heavy (non-hydrogen) atoms. The Labute approximate surface area is 167 Å². The SMILES string of the molecule is CN=C(NCCN1CCCCC1)NCC(C)Oc1ccc(F)cc1.I. The Hall–Kier alpha value is -1.09. The van der Waals surface area contributed by atoms with E-state index >= 15 is 0 Å². The summed E-state index contributed by atoms with van der Waals surface area (Å²) in [6.07, 6.45) is 3.94. The van der Waals surface area contributed by atoms with E-state index < -0.39 is 0 Å². The summed E-state index contributed by atoms with van der Waals surface area (Å²) in [7, 11) is 1.77. The van der Waals surface area contributed by atoms with Gasteiger partial charge >= 0.3 is 0 Å². The summed E-state index contributed by atoms with van der Waals surface area (Å²) in [6.45, 7) is 6.93. The lowest BCUT2D eigenvalue weighted by molar-refractivity contribution is 0.222. The van der Waals surface area contributed by atoms with Crippen LogP contribution in [0.1, 0.15) is 26.2 Å². The highest BCUT2D eigenvalue weighted by atomic mass is 127. The lowest BCUT2D eigenvalue weighted by Crippen LogP contribution is -2.45. The first-order valence-corrected chi connectivity index (χ1v) is 8.76. The summed E-state index contributed by atoms with van der Waals surface area (Å²) in [5.41, 5.74) is 0. The van der Waals surface area contributed by atoms with E-state index in [1.165, 1.54) is 44.5 Å². The van der Waals surface area contributed by atoms with Crippen LogP contribution in [0.5, 0.6) is 5.75 Å². The van der Waals surface area contributed by atoms with Crippen molar-refractivity contribution in [2.45, 2.75) is 32.3 Å². The lowest BCUT2D eigenvalue weighted by Gasteiger charge is -2.26. The van der Waals surface area contributed by atoms with Crippen molar-refractivity contribution >= 4 is 29.9 Å². The van der Waals surface area contributed by atoms with Crippen molar-refractivity contribution in [1.29, 1.82) is 0 Å². The summed E-state index contributed by atoms with van der Waals surface area (Å²) < 4.78 is 18.6. The molecule has 0 spiro atoms. The molecule has 0 bridgehead atoms. The third-order valence-electron chi connectivity index (χ3n) is 4.10. The van der Waals surface area contributed by atoms with Gasteiger partial charge in [-0.15, -0.1) is 24.0 Å². The zero-order chi connectivity index (χ0) is 17.2. The highest BCUT2D eigenvalue weighted by Crippen LogP contribution is 2.12. The van der Waals surface area contributed by atoms with Gasteiger partial charge in [0.2, 0.25) is 0 Å². The average Bonchev–Trinajstić information content (AvgIpc) is 2.61. The largest absolute Gasteiger partial charge is 0.489 e. The first-order chi connectivity index (χ1) is 11.7. The van der Waals surface area contributed by atoms with Crippen molar-refractivity contribution in [2.24, 2.45) is 4.99 Å². The van der Waals surface area contributed by atoms with E-state index in [4.69, 9.17) is 4.74 Å². The molecule has 1 aliphatic rings. The van der Waals surface area contributed by atoms with Crippen LogP contribution >= 0.6 is 24.0 Å². The predicted octanol–water partition coefficient (Wildman–Crippen LogP) is 2.86. The van der Waals surface area contributed by atoms with Crippen LogP contribution in [0.3, 0.4) is 0 Å². The number of likely N-dealkylation sites (tertiary alicyclic amines) is 1. The molecule has 2 N–H and O–H groups in total. The van der Waals surface area contributed by atoms with E-state index in [2.05, 4.69) is 20.5 Å². The molecule has 1 aromatic rings. The summed E-state index contributed by atoms with van der Waals surface area (Å²) in [4.78, 5) is 6.72. The Balaban J connectivity index is 0.00000312. The number of hydrogen-bond acceptors (Lipinski definition) is 3. The summed E-state index contributed by atoms with van der Waals surface area (Å²) in [5, 5.41) is 6.60. The van der Waals surface area contributed by atoms with Gasteiger partial charge < -0.3 is 20.3 Å². The van der Waals surface area contributed by atoms with Crippen LogP contribution in [0, 0.1) is 5.82 Å². The van der Waals surface area contributed by atoms with Crippen molar-refractivity contribution in [3.8, 4) is 5.75 Å². The van der Waals surface area contributed by atoms with Gasteiger partial charge in [0.05, 0.1) is 6.54 Å². The topological polar surface area (TPSA) is 48.9 Å². The van der Waals surface area contributed by atoms with Gasteiger partial charge in [-0.3, -0.25) is 4.99 Å². The third-order valence-corrected chi connectivity index (χ3v) is 4.10. The molecule has 5 nitrogen and oxygen atoms in total. The lowest BCUT2D eigenvalue weighted by atomic mass is 10.1. The van der Waals surface area contributed by atoms with Gasteiger partial charge in [0.25, 0.3) is 0 Å². The molecular formula is C18H30FIN4O. The molecule has 1 unspecified atom stereocenters. The van der Waals surface area contributed by atoms with Crippen LogP contribution in [0.4, 0.5) is 4.39 Å². The van der Waals surface area contributed by atoms with Crippen LogP contribution < -0.4 is 15.4 Å². The van der Waals surface area contributed by atoms with Gasteiger partial charge in [-0.05, 0) is 57.1 Å². The van der Waals surface area contributed by atoms with Gasteiger partial charge in [-0.1, -0.05) is 6.42 Å².